The third-order valence-electron chi connectivity index (χ3n) is 6.48. The summed E-state index contributed by atoms with van der Waals surface area (Å²) in [5, 5.41) is 5.09. The number of aromatic amines is 1. The fourth-order valence-corrected chi connectivity index (χ4v) is 5.02. The lowest BCUT2D eigenvalue weighted by Gasteiger charge is -2.35. The van der Waals surface area contributed by atoms with Crippen molar-refractivity contribution >= 4 is 39.8 Å². The molecule has 8 heteroatoms. The van der Waals surface area contributed by atoms with Crippen LogP contribution in [0, 0.1) is 0 Å². The summed E-state index contributed by atoms with van der Waals surface area (Å²) in [6, 6.07) is 22.0. The molecule has 0 radical (unpaired) electrons. The first-order valence-corrected chi connectivity index (χ1v) is 12.7. The van der Waals surface area contributed by atoms with E-state index in [1.807, 2.05) is 79.1 Å². The first-order valence-electron chi connectivity index (χ1n) is 12.4. The van der Waals surface area contributed by atoms with Crippen molar-refractivity contribution in [3.05, 3.63) is 84.1 Å². The lowest BCUT2D eigenvalue weighted by Crippen LogP contribution is -2.46. The van der Waals surface area contributed by atoms with Gasteiger partial charge in [0, 0.05) is 41.6 Å². The number of fused-ring (bicyclic) bond motifs is 1. The van der Waals surface area contributed by atoms with Crippen molar-refractivity contribution in [3.63, 3.8) is 0 Å². The van der Waals surface area contributed by atoms with Gasteiger partial charge in [0.2, 0.25) is 5.95 Å². The highest BCUT2D eigenvalue weighted by atomic mass is 35.5. The Morgan fingerprint density at radius 1 is 0.946 bits per heavy atom. The maximum atomic E-state index is 6.57. The number of morpholine rings is 1. The van der Waals surface area contributed by atoms with E-state index in [1.54, 1.807) is 0 Å². The molecule has 5 aromatic rings. The van der Waals surface area contributed by atoms with Crippen LogP contribution in [0.3, 0.4) is 0 Å². The maximum absolute atomic E-state index is 6.57. The number of aromatic nitrogens is 4. The molecule has 3 heterocycles. The number of ether oxygens (including phenoxy) is 1. The quantitative estimate of drug-likeness (QED) is 0.274. The number of hydrogen-bond donors (Lipinski definition) is 2. The van der Waals surface area contributed by atoms with Gasteiger partial charge in [-0.1, -0.05) is 48.0 Å². The predicted octanol–water partition coefficient (Wildman–Crippen LogP) is 6.70. The summed E-state index contributed by atoms with van der Waals surface area (Å²) in [7, 11) is 0. The van der Waals surface area contributed by atoms with E-state index in [0.717, 1.165) is 58.1 Å². The smallest absolute Gasteiger partial charge is 0.226 e. The average molecular weight is 511 g/mol. The fraction of sp³-hybridized carbons (Fsp3) is 0.207. The van der Waals surface area contributed by atoms with Crippen LogP contribution in [-0.4, -0.2) is 45.2 Å². The number of hydrogen-bond acceptors (Lipinski definition) is 6. The number of nitrogens with one attached hydrogen (secondary N) is 2. The molecular weight excluding hydrogens is 484 g/mol. The molecule has 2 N–H and O–H groups in total. The van der Waals surface area contributed by atoms with Gasteiger partial charge in [-0.05, 0) is 49.7 Å². The largest absolute Gasteiger partial charge is 0.372 e. The van der Waals surface area contributed by atoms with Crippen molar-refractivity contribution in [3.8, 4) is 22.6 Å². The number of nitrogens with zero attached hydrogens (tertiary/aromatic N) is 4. The molecule has 0 amide bonds. The molecule has 7 nitrogen and oxygen atoms in total. The number of anilines is 3. The molecule has 2 aromatic heterocycles. The molecule has 0 bridgehead atoms. The summed E-state index contributed by atoms with van der Waals surface area (Å²) in [5.74, 6) is 1.44. The Hall–Kier alpha value is -3.94. The van der Waals surface area contributed by atoms with Gasteiger partial charge < -0.3 is 19.9 Å². The van der Waals surface area contributed by atoms with Gasteiger partial charge in [0.1, 0.15) is 5.82 Å². The number of imidazole rings is 1. The second-order valence-corrected chi connectivity index (χ2v) is 9.81. The lowest BCUT2D eigenvalue weighted by atomic mass is 10.1. The Balaban J connectivity index is 1.28. The molecule has 0 aliphatic carbocycles. The van der Waals surface area contributed by atoms with Crippen molar-refractivity contribution < 1.29 is 4.74 Å². The van der Waals surface area contributed by atoms with Crippen LogP contribution in [0.2, 0.25) is 5.02 Å². The van der Waals surface area contributed by atoms with Crippen molar-refractivity contribution in [2.75, 3.05) is 23.3 Å². The van der Waals surface area contributed by atoms with E-state index in [-0.39, 0.29) is 12.2 Å². The molecule has 186 valence electrons. The summed E-state index contributed by atoms with van der Waals surface area (Å²) >= 11 is 6.57. The highest BCUT2D eigenvalue weighted by molar-refractivity contribution is 6.33. The van der Waals surface area contributed by atoms with Crippen LogP contribution in [0.25, 0.3) is 33.5 Å². The van der Waals surface area contributed by atoms with Gasteiger partial charge >= 0.3 is 0 Å². The van der Waals surface area contributed by atoms with Crippen molar-refractivity contribution in [2.45, 2.75) is 26.1 Å². The van der Waals surface area contributed by atoms with Crippen LogP contribution in [0.5, 0.6) is 0 Å². The molecule has 2 atom stereocenters. The van der Waals surface area contributed by atoms with Gasteiger partial charge in [-0.2, -0.15) is 0 Å². The van der Waals surface area contributed by atoms with Crippen LogP contribution in [0.15, 0.2) is 79.1 Å². The topological polar surface area (TPSA) is 79.0 Å². The molecule has 37 heavy (non-hydrogen) atoms. The first kappa shape index (κ1) is 23.5. The highest BCUT2D eigenvalue weighted by Crippen LogP contribution is 2.33. The predicted molar refractivity (Wildman–Crippen MR) is 150 cm³/mol. The van der Waals surface area contributed by atoms with Gasteiger partial charge in [-0.15, -0.1) is 0 Å². The molecule has 6 rings (SSSR count). The van der Waals surface area contributed by atoms with Gasteiger partial charge in [0.25, 0.3) is 0 Å². The van der Waals surface area contributed by atoms with E-state index in [0.29, 0.717) is 10.8 Å². The van der Waals surface area contributed by atoms with Gasteiger partial charge in [0.05, 0.1) is 34.6 Å². The number of benzene rings is 3. The molecule has 0 spiro atoms. The van der Waals surface area contributed by atoms with Crippen molar-refractivity contribution in [1.82, 2.24) is 19.9 Å². The molecule has 0 unspecified atom stereocenters. The summed E-state index contributed by atoms with van der Waals surface area (Å²) in [6.45, 7) is 5.72. The minimum absolute atomic E-state index is 0.146. The summed E-state index contributed by atoms with van der Waals surface area (Å²) in [4.78, 5) is 19.7. The minimum Gasteiger partial charge on any atom is -0.372 e. The van der Waals surface area contributed by atoms with Gasteiger partial charge in [-0.3, -0.25) is 0 Å². The van der Waals surface area contributed by atoms with E-state index in [4.69, 9.17) is 26.3 Å². The minimum atomic E-state index is 0.146. The normalized spacial score (nSPS) is 17.8. The molecule has 1 fully saturated rings. The number of halogens is 1. The Morgan fingerprint density at radius 3 is 2.57 bits per heavy atom. The zero-order chi connectivity index (χ0) is 25.4. The third kappa shape index (κ3) is 4.88. The van der Waals surface area contributed by atoms with Crippen LogP contribution in [-0.2, 0) is 4.74 Å². The highest BCUT2D eigenvalue weighted by Gasteiger charge is 2.24. The zero-order valence-corrected chi connectivity index (χ0v) is 21.4. The lowest BCUT2D eigenvalue weighted by molar-refractivity contribution is -0.00570. The molecule has 0 saturated carbocycles. The van der Waals surface area contributed by atoms with E-state index in [1.165, 1.54) is 0 Å². The van der Waals surface area contributed by atoms with Crippen LogP contribution >= 0.6 is 11.6 Å². The van der Waals surface area contributed by atoms with Crippen molar-refractivity contribution in [2.24, 2.45) is 0 Å². The summed E-state index contributed by atoms with van der Waals surface area (Å²) in [6.07, 6.45) is 4.01. The second kappa shape index (κ2) is 9.84. The number of H-pyrrole nitrogens is 1. The second-order valence-electron chi connectivity index (χ2n) is 9.40. The number of rotatable bonds is 5. The summed E-state index contributed by atoms with van der Waals surface area (Å²) < 4.78 is 5.86. The molecule has 1 aliphatic rings. The average Bonchev–Trinajstić information content (AvgIpc) is 3.40. The van der Waals surface area contributed by atoms with Crippen LogP contribution < -0.4 is 10.2 Å². The van der Waals surface area contributed by atoms with Gasteiger partial charge in [-0.25, -0.2) is 15.0 Å². The Labute approximate surface area is 220 Å². The van der Waals surface area contributed by atoms with E-state index in [2.05, 4.69) is 34.0 Å². The van der Waals surface area contributed by atoms with Crippen molar-refractivity contribution in [1.29, 1.82) is 0 Å². The molecule has 3 aromatic carbocycles. The molecule has 1 saturated heterocycles. The standard InChI is InChI=1S/C29H27ClN6O/c1-18-16-36(17-19(2)37-18)29-32-14-23-25(9-6-10-26(23)35-29)33-21-11-12-24(30)22(13-21)28-31-15-27(34-28)20-7-4-3-5-8-20/h3-15,18-19,33H,16-17H2,1-2H3,(H,31,34)/t18-,19+. The Bertz CT molecular complexity index is 1540. The monoisotopic (exact) mass is 510 g/mol. The SMILES string of the molecule is C[C@@H]1CN(c2ncc3c(Nc4ccc(Cl)c(-c5ncc(-c6ccccc6)[nH]5)c4)cccc3n2)C[C@H](C)O1. The maximum Gasteiger partial charge on any atom is 0.226 e. The summed E-state index contributed by atoms with van der Waals surface area (Å²) in [5.41, 5.74) is 5.53. The fourth-order valence-electron chi connectivity index (χ4n) is 4.81. The first-order chi connectivity index (χ1) is 18.0. The molecule has 1 aliphatic heterocycles. The van der Waals surface area contributed by atoms with E-state index < -0.39 is 0 Å². The molecular formula is C29H27ClN6O. The van der Waals surface area contributed by atoms with Crippen LogP contribution in [0.1, 0.15) is 13.8 Å². The Kier molecular flexibility index (Phi) is 6.24. The van der Waals surface area contributed by atoms with E-state index in [9.17, 15) is 0 Å². The van der Waals surface area contributed by atoms with Gasteiger partial charge in [0.15, 0.2) is 0 Å². The third-order valence-corrected chi connectivity index (χ3v) is 6.81. The zero-order valence-electron chi connectivity index (χ0n) is 20.6. The Morgan fingerprint density at radius 2 is 1.76 bits per heavy atom. The van der Waals surface area contributed by atoms with E-state index >= 15 is 0 Å². The van der Waals surface area contributed by atoms with Crippen LogP contribution in [0.4, 0.5) is 17.3 Å².